The molecule has 0 radical (unpaired) electrons. The van der Waals surface area contributed by atoms with Crippen molar-refractivity contribution in [2.45, 2.75) is 6.10 Å². The molecular formula is C10H14ClNO3. The van der Waals surface area contributed by atoms with Gasteiger partial charge in [0.05, 0.1) is 20.3 Å². The topological polar surface area (TPSA) is 64.7 Å². The van der Waals surface area contributed by atoms with Crippen LogP contribution in [0.2, 0.25) is 5.02 Å². The number of ether oxygens (including phenoxy) is 2. The highest BCUT2D eigenvalue weighted by Gasteiger charge is 2.17. The number of benzene rings is 1. The minimum absolute atomic E-state index is 0.0971. The Labute approximate surface area is 93.6 Å². The standard InChI is InChI=1S/C10H14ClNO3/c1-14-9-4-6(11)3-7(8(13)5-12)10(9)15-2/h3-4,8,13H,5,12H2,1-2H3. The summed E-state index contributed by atoms with van der Waals surface area (Å²) in [4.78, 5) is 0. The normalized spacial score (nSPS) is 12.3. The van der Waals surface area contributed by atoms with Gasteiger partial charge < -0.3 is 20.3 Å². The second kappa shape index (κ2) is 5.21. The van der Waals surface area contributed by atoms with E-state index >= 15 is 0 Å². The van der Waals surface area contributed by atoms with Crippen molar-refractivity contribution in [3.63, 3.8) is 0 Å². The Bertz CT molecular complexity index is 344. The molecule has 0 heterocycles. The van der Waals surface area contributed by atoms with E-state index in [-0.39, 0.29) is 6.54 Å². The minimum Gasteiger partial charge on any atom is -0.493 e. The fraction of sp³-hybridized carbons (Fsp3) is 0.400. The fourth-order valence-corrected chi connectivity index (χ4v) is 1.55. The van der Waals surface area contributed by atoms with Crippen LogP contribution in [-0.2, 0) is 0 Å². The van der Waals surface area contributed by atoms with Crippen molar-refractivity contribution in [2.75, 3.05) is 20.8 Å². The van der Waals surface area contributed by atoms with Crippen molar-refractivity contribution in [3.8, 4) is 11.5 Å². The molecule has 0 fully saturated rings. The molecule has 15 heavy (non-hydrogen) atoms. The minimum atomic E-state index is -0.812. The summed E-state index contributed by atoms with van der Waals surface area (Å²) in [6, 6.07) is 3.23. The predicted molar refractivity (Wildman–Crippen MR) is 58.6 cm³/mol. The lowest BCUT2D eigenvalue weighted by atomic mass is 10.1. The van der Waals surface area contributed by atoms with Gasteiger partial charge in [0.2, 0.25) is 0 Å². The Balaban J connectivity index is 3.28. The molecule has 1 rings (SSSR count). The van der Waals surface area contributed by atoms with Crippen LogP contribution in [0, 0.1) is 0 Å². The molecule has 0 saturated carbocycles. The highest BCUT2D eigenvalue weighted by atomic mass is 35.5. The molecule has 0 aliphatic rings. The molecule has 84 valence electrons. The molecule has 0 amide bonds. The average Bonchev–Trinajstić information content (AvgIpc) is 2.26. The number of nitrogens with two attached hydrogens (primary N) is 1. The lowest BCUT2D eigenvalue weighted by Gasteiger charge is -2.16. The number of aliphatic hydroxyl groups excluding tert-OH is 1. The summed E-state index contributed by atoms with van der Waals surface area (Å²) >= 11 is 5.87. The van der Waals surface area contributed by atoms with Crippen molar-refractivity contribution < 1.29 is 14.6 Å². The maximum atomic E-state index is 9.67. The monoisotopic (exact) mass is 231 g/mol. The molecule has 1 unspecified atom stereocenters. The summed E-state index contributed by atoms with van der Waals surface area (Å²) in [6.07, 6.45) is -0.812. The first-order valence-corrected chi connectivity index (χ1v) is 4.81. The van der Waals surface area contributed by atoms with Crippen molar-refractivity contribution in [2.24, 2.45) is 5.73 Å². The highest BCUT2D eigenvalue weighted by Crippen LogP contribution is 2.37. The molecule has 1 aromatic carbocycles. The maximum Gasteiger partial charge on any atom is 0.166 e. The van der Waals surface area contributed by atoms with Crippen LogP contribution >= 0.6 is 11.6 Å². The molecule has 1 aromatic rings. The van der Waals surface area contributed by atoms with Crippen LogP contribution in [0.3, 0.4) is 0 Å². The highest BCUT2D eigenvalue weighted by molar-refractivity contribution is 6.30. The summed E-state index contributed by atoms with van der Waals surface area (Å²) in [5, 5.41) is 10.1. The number of rotatable bonds is 4. The first-order chi connectivity index (χ1) is 7.13. The molecule has 0 aliphatic heterocycles. The largest absolute Gasteiger partial charge is 0.493 e. The van der Waals surface area contributed by atoms with Gasteiger partial charge in [-0.15, -0.1) is 0 Å². The van der Waals surface area contributed by atoms with E-state index in [4.69, 9.17) is 26.8 Å². The molecule has 5 heteroatoms. The molecule has 0 aromatic heterocycles. The summed E-state index contributed by atoms with van der Waals surface area (Å²) in [7, 11) is 3.01. The SMILES string of the molecule is COc1cc(Cl)cc(C(O)CN)c1OC. The molecule has 0 saturated heterocycles. The molecule has 3 N–H and O–H groups in total. The Morgan fingerprint density at radius 1 is 1.40 bits per heavy atom. The van der Waals surface area contributed by atoms with E-state index in [2.05, 4.69) is 0 Å². The van der Waals surface area contributed by atoms with Gasteiger partial charge in [0.15, 0.2) is 11.5 Å². The van der Waals surface area contributed by atoms with E-state index in [1.165, 1.54) is 14.2 Å². The Kier molecular flexibility index (Phi) is 4.20. The van der Waals surface area contributed by atoms with Crippen molar-refractivity contribution in [1.82, 2.24) is 0 Å². The average molecular weight is 232 g/mol. The number of aliphatic hydroxyl groups is 1. The van der Waals surface area contributed by atoms with Gasteiger partial charge in [0.1, 0.15) is 0 Å². The zero-order valence-electron chi connectivity index (χ0n) is 8.66. The van der Waals surface area contributed by atoms with E-state index < -0.39 is 6.10 Å². The van der Waals surface area contributed by atoms with Crippen LogP contribution < -0.4 is 15.2 Å². The van der Waals surface area contributed by atoms with Gasteiger partial charge >= 0.3 is 0 Å². The van der Waals surface area contributed by atoms with Crippen LogP contribution in [0.25, 0.3) is 0 Å². The summed E-state index contributed by atoms with van der Waals surface area (Å²) in [6.45, 7) is 0.0971. The predicted octanol–water partition coefficient (Wildman–Crippen LogP) is 1.35. The third-order valence-corrected chi connectivity index (χ3v) is 2.27. The zero-order valence-corrected chi connectivity index (χ0v) is 9.41. The van der Waals surface area contributed by atoms with Crippen LogP contribution in [0.15, 0.2) is 12.1 Å². The smallest absolute Gasteiger partial charge is 0.166 e. The van der Waals surface area contributed by atoms with E-state index in [9.17, 15) is 5.11 Å². The fourth-order valence-electron chi connectivity index (χ4n) is 1.33. The van der Waals surface area contributed by atoms with E-state index in [0.717, 1.165) is 0 Å². The second-order valence-electron chi connectivity index (χ2n) is 2.98. The molecule has 1 atom stereocenters. The Morgan fingerprint density at radius 3 is 2.53 bits per heavy atom. The van der Waals surface area contributed by atoms with Gasteiger partial charge in [-0.3, -0.25) is 0 Å². The van der Waals surface area contributed by atoms with Crippen LogP contribution in [0.4, 0.5) is 0 Å². The van der Waals surface area contributed by atoms with E-state index in [0.29, 0.717) is 22.1 Å². The molecule has 0 aliphatic carbocycles. The first-order valence-electron chi connectivity index (χ1n) is 4.43. The first kappa shape index (κ1) is 12.1. The lowest BCUT2D eigenvalue weighted by Crippen LogP contribution is -2.13. The quantitative estimate of drug-likeness (QED) is 0.821. The molecule has 0 bridgehead atoms. The Morgan fingerprint density at radius 2 is 2.07 bits per heavy atom. The number of methoxy groups -OCH3 is 2. The number of hydrogen-bond donors (Lipinski definition) is 2. The molecular weight excluding hydrogens is 218 g/mol. The van der Waals surface area contributed by atoms with Crippen molar-refractivity contribution >= 4 is 11.6 Å². The third-order valence-electron chi connectivity index (χ3n) is 2.05. The van der Waals surface area contributed by atoms with Crippen molar-refractivity contribution in [1.29, 1.82) is 0 Å². The van der Waals surface area contributed by atoms with Gasteiger partial charge in [-0.1, -0.05) is 11.6 Å². The molecule has 4 nitrogen and oxygen atoms in total. The maximum absolute atomic E-state index is 9.67. The van der Waals surface area contributed by atoms with Gasteiger partial charge in [-0.25, -0.2) is 0 Å². The van der Waals surface area contributed by atoms with E-state index in [1.807, 2.05) is 0 Å². The molecule has 0 spiro atoms. The third kappa shape index (κ3) is 2.53. The summed E-state index contributed by atoms with van der Waals surface area (Å²) in [5.74, 6) is 0.937. The van der Waals surface area contributed by atoms with Gasteiger partial charge in [0.25, 0.3) is 0 Å². The van der Waals surface area contributed by atoms with Gasteiger partial charge in [-0.05, 0) is 6.07 Å². The van der Waals surface area contributed by atoms with Crippen LogP contribution in [-0.4, -0.2) is 25.9 Å². The van der Waals surface area contributed by atoms with Crippen LogP contribution in [0.5, 0.6) is 11.5 Å². The van der Waals surface area contributed by atoms with E-state index in [1.54, 1.807) is 12.1 Å². The van der Waals surface area contributed by atoms with Crippen molar-refractivity contribution in [3.05, 3.63) is 22.7 Å². The summed E-state index contributed by atoms with van der Waals surface area (Å²) in [5.41, 5.74) is 5.91. The Hall–Kier alpha value is -0.970. The number of halogens is 1. The number of hydrogen-bond acceptors (Lipinski definition) is 4. The second-order valence-corrected chi connectivity index (χ2v) is 3.42. The summed E-state index contributed by atoms with van der Waals surface area (Å²) < 4.78 is 10.2. The zero-order chi connectivity index (χ0) is 11.4. The van der Waals surface area contributed by atoms with Crippen LogP contribution in [0.1, 0.15) is 11.7 Å². The van der Waals surface area contributed by atoms with Gasteiger partial charge in [0, 0.05) is 23.2 Å². The van der Waals surface area contributed by atoms with Gasteiger partial charge in [-0.2, -0.15) is 0 Å². The lowest BCUT2D eigenvalue weighted by molar-refractivity contribution is 0.181.